The predicted octanol–water partition coefficient (Wildman–Crippen LogP) is -0.0442. The van der Waals surface area contributed by atoms with E-state index in [1.807, 2.05) is 0 Å². The Bertz CT molecular complexity index is 759. The minimum absolute atomic E-state index is 0.0475. The van der Waals surface area contributed by atoms with Gasteiger partial charge in [0.1, 0.15) is 17.6 Å². The molecular formula is C18H24N2O6S2. The number of nitrogens with two attached hydrogens (primary N) is 2. The molecule has 1 aromatic rings. The Labute approximate surface area is 172 Å². The molecule has 154 valence electrons. The molecule has 1 aliphatic carbocycles. The third-order valence-electron chi connectivity index (χ3n) is 4.84. The lowest BCUT2D eigenvalue weighted by Gasteiger charge is -2.20. The maximum Gasteiger partial charge on any atom is 0.329 e. The summed E-state index contributed by atoms with van der Waals surface area (Å²) in [6, 6.07) is 5.26. The van der Waals surface area contributed by atoms with Crippen molar-refractivity contribution in [1.82, 2.24) is 0 Å². The van der Waals surface area contributed by atoms with Gasteiger partial charge in [0, 0.05) is 17.4 Å². The van der Waals surface area contributed by atoms with E-state index in [0.29, 0.717) is 6.42 Å². The molecule has 1 saturated carbocycles. The summed E-state index contributed by atoms with van der Waals surface area (Å²) in [5.41, 5.74) is 10.6. The highest BCUT2D eigenvalue weighted by Crippen LogP contribution is 2.49. The number of thiol groups is 1. The average Bonchev–Trinajstić information content (AvgIpc) is 3.33. The molecular weight excluding hydrogens is 404 g/mol. The molecule has 2 rings (SSSR count). The van der Waals surface area contributed by atoms with E-state index in [2.05, 4.69) is 12.6 Å². The normalized spacial score (nSPS) is 23.2. The van der Waals surface area contributed by atoms with E-state index >= 15 is 0 Å². The SMILES string of the molecule is CC(=O)C1(N)CC1C(CSC(=O)c1ccccc1OC(=O)C(N)CS)C(O)O. The lowest BCUT2D eigenvalue weighted by Crippen LogP contribution is -2.38. The molecule has 0 heterocycles. The molecule has 4 atom stereocenters. The van der Waals surface area contributed by atoms with Crippen molar-refractivity contribution in [2.45, 2.75) is 31.2 Å². The van der Waals surface area contributed by atoms with Crippen molar-refractivity contribution >= 4 is 41.3 Å². The first-order valence-corrected chi connectivity index (χ1v) is 10.2. The zero-order chi connectivity index (χ0) is 21.1. The third-order valence-corrected chi connectivity index (χ3v) is 6.27. The predicted molar refractivity (Wildman–Crippen MR) is 108 cm³/mol. The number of carbonyl (C=O) groups excluding carboxylic acids is 3. The molecule has 0 aromatic heterocycles. The lowest BCUT2D eigenvalue weighted by molar-refractivity contribution is -0.135. The Balaban J connectivity index is 2.06. The van der Waals surface area contributed by atoms with E-state index in [1.165, 1.54) is 19.1 Å². The second-order valence-corrected chi connectivity index (χ2v) is 8.15. The van der Waals surface area contributed by atoms with Crippen molar-refractivity contribution in [3.8, 4) is 5.75 Å². The van der Waals surface area contributed by atoms with Gasteiger partial charge in [0.2, 0.25) is 5.12 Å². The molecule has 8 nitrogen and oxygen atoms in total. The zero-order valence-corrected chi connectivity index (χ0v) is 17.0. The molecule has 0 saturated heterocycles. The van der Waals surface area contributed by atoms with Gasteiger partial charge in [-0.2, -0.15) is 12.6 Å². The van der Waals surface area contributed by atoms with Crippen molar-refractivity contribution in [2.75, 3.05) is 11.5 Å². The summed E-state index contributed by atoms with van der Waals surface area (Å²) in [5.74, 6) is -1.88. The summed E-state index contributed by atoms with van der Waals surface area (Å²) < 4.78 is 5.19. The number of thioether (sulfide) groups is 1. The Morgan fingerprint density at radius 3 is 2.54 bits per heavy atom. The molecule has 4 unspecified atom stereocenters. The number of hydrogen-bond acceptors (Lipinski definition) is 10. The van der Waals surface area contributed by atoms with E-state index in [1.54, 1.807) is 12.1 Å². The Morgan fingerprint density at radius 2 is 2.00 bits per heavy atom. The van der Waals surface area contributed by atoms with Crippen LogP contribution >= 0.6 is 24.4 Å². The molecule has 0 aliphatic heterocycles. The largest absolute Gasteiger partial charge is 0.425 e. The number of para-hydroxylation sites is 1. The molecule has 28 heavy (non-hydrogen) atoms. The van der Waals surface area contributed by atoms with Crippen molar-refractivity contribution in [3.05, 3.63) is 29.8 Å². The number of rotatable bonds is 9. The van der Waals surface area contributed by atoms with Crippen molar-refractivity contribution in [3.63, 3.8) is 0 Å². The molecule has 0 spiro atoms. The Kier molecular flexibility index (Phi) is 7.66. The molecule has 1 aromatic carbocycles. The Morgan fingerprint density at radius 1 is 1.36 bits per heavy atom. The van der Waals surface area contributed by atoms with Gasteiger partial charge in [-0.05, 0) is 31.4 Å². The van der Waals surface area contributed by atoms with E-state index in [4.69, 9.17) is 16.2 Å². The van der Waals surface area contributed by atoms with Crippen LogP contribution in [-0.2, 0) is 9.59 Å². The monoisotopic (exact) mass is 428 g/mol. The van der Waals surface area contributed by atoms with Crippen LogP contribution in [-0.4, -0.2) is 56.5 Å². The number of esters is 1. The maximum absolute atomic E-state index is 12.6. The van der Waals surface area contributed by atoms with E-state index in [-0.39, 0.29) is 28.6 Å². The van der Waals surface area contributed by atoms with Gasteiger partial charge in [-0.1, -0.05) is 23.9 Å². The standard InChI is InChI=1S/C18H24N2O6S2/c1-9(21)18(20)6-12(18)11(15(22)23)8-28-17(25)10-4-2-3-5-14(10)26-16(24)13(19)7-27/h2-5,11-13,15,22-23,27H,6-8,19-20H2,1H3. The number of Topliss-reactive ketones (excluding diaryl/α,β-unsaturated/α-hetero) is 1. The third kappa shape index (κ3) is 5.13. The van der Waals surface area contributed by atoms with Crippen LogP contribution in [0.2, 0.25) is 0 Å². The summed E-state index contributed by atoms with van der Waals surface area (Å²) in [6.07, 6.45) is -1.37. The van der Waals surface area contributed by atoms with Gasteiger partial charge in [0.25, 0.3) is 0 Å². The topological polar surface area (TPSA) is 153 Å². The summed E-state index contributed by atoms with van der Waals surface area (Å²) >= 11 is 4.78. The summed E-state index contributed by atoms with van der Waals surface area (Å²) in [7, 11) is 0. The first-order valence-electron chi connectivity index (χ1n) is 8.62. The molecule has 0 amide bonds. The molecule has 1 aliphatic rings. The molecule has 1 fully saturated rings. The van der Waals surface area contributed by atoms with Gasteiger partial charge in [-0.25, -0.2) is 4.79 Å². The van der Waals surface area contributed by atoms with Crippen LogP contribution in [0.15, 0.2) is 24.3 Å². The number of carbonyl (C=O) groups is 3. The second-order valence-electron chi connectivity index (χ2n) is 6.79. The molecule has 6 N–H and O–H groups in total. The van der Waals surface area contributed by atoms with Crippen LogP contribution in [0.4, 0.5) is 0 Å². The van der Waals surface area contributed by atoms with Crippen LogP contribution in [0, 0.1) is 11.8 Å². The molecule has 0 bridgehead atoms. The minimum atomic E-state index is -1.71. The molecule has 10 heteroatoms. The van der Waals surface area contributed by atoms with Crippen LogP contribution in [0.25, 0.3) is 0 Å². The van der Waals surface area contributed by atoms with Crippen molar-refractivity contribution in [2.24, 2.45) is 23.3 Å². The van der Waals surface area contributed by atoms with Gasteiger partial charge in [0.05, 0.1) is 11.1 Å². The fraction of sp³-hybridized carbons (Fsp3) is 0.500. The van der Waals surface area contributed by atoms with Gasteiger partial charge < -0.3 is 26.4 Å². The first kappa shape index (κ1) is 22.9. The van der Waals surface area contributed by atoms with Gasteiger partial charge in [-0.15, -0.1) is 0 Å². The quantitative estimate of drug-likeness (QED) is 0.158. The van der Waals surface area contributed by atoms with E-state index in [9.17, 15) is 24.6 Å². The van der Waals surface area contributed by atoms with Crippen LogP contribution < -0.4 is 16.2 Å². The minimum Gasteiger partial charge on any atom is -0.425 e. The van der Waals surface area contributed by atoms with Crippen LogP contribution in [0.1, 0.15) is 23.7 Å². The summed E-state index contributed by atoms with van der Waals surface area (Å²) in [5, 5.41) is 18.9. The highest BCUT2D eigenvalue weighted by molar-refractivity contribution is 8.14. The highest BCUT2D eigenvalue weighted by atomic mass is 32.2. The summed E-state index contributed by atoms with van der Waals surface area (Å²) in [6.45, 7) is 1.36. The van der Waals surface area contributed by atoms with Gasteiger partial charge in [0.15, 0.2) is 6.29 Å². The average molecular weight is 429 g/mol. The number of aliphatic hydroxyl groups excluding tert-OH is 1. The fourth-order valence-electron chi connectivity index (χ4n) is 2.89. The highest BCUT2D eigenvalue weighted by Gasteiger charge is 2.59. The number of hydrogen-bond donors (Lipinski definition) is 5. The number of ketones is 1. The summed E-state index contributed by atoms with van der Waals surface area (Å²) in [4.78, 5) is 36.1. The number of benzene rings is 1. The zero-order valence-electron chi connectivity index (χ0n) is 15.3. The Hall–Kier alpha value is -1.43. The fourth-order valence-corrected chi connectivity index (χ4v) is 4.11. The number of aliphatic hydroxyl groups is 2. The molecule has 0 radical (unpaired) electrons. The van der Waals surface area contributed by atoms with Crippen molar-refractivity contribution in [1.29, 1.82) is 0 Å². The maximum atomic E-state index is 12.6. The van der Waals surface area contributed by atoms with E-state index < -0.39 is 40.8 Å². The van der Waals surface area contributed by atoms with Crippen molar-refractivity contribution < 1.29 is 29.3 Å². The number of ether oxygens (including phenoxy) is 1. The second kappa shape index (κ2) is 9.38. The first-order chi connectivity index (χ1) is 13.1. The van der Waals surface area contributed by atoms with Gasteiger partial charge in [-0.3, -0.25) is 9.59 Å². The van der Waals surface area contributed by atoms with E-state index in [0.717, 1.165) is 11.8 Å². The van der Waals surface area contributed by atoms with Gasteiger partial charge >= 0.3 is 5.97 Å². The van der Waals surface area contributed by atoms with Crippen LogP contribution in [0.3, 0.4) is 0 Å². The van der Waals surface area contributed by atoms with Crippen LogP contribution in [0.5, 0.6) is 5.75 Å². The lowest BCUT2D eigenvalue weighted by atomic mass is 9.99. The smallest absolute Gasteiger partial charge is 0.329 e.